The van der Waals surface area contributed by atoms with Crippen molar-refractivity contribution in [2.24, 2.45) is 0 Å². The fourth-order valence-electron chi connectivity index (χ4n) is 3.60. The second-order valence-electron chi connectivity index (χ2n) is 7.41. The summed E-state index contributed by atoms with van der Waals surface area (Å²) in [5, 5.41) is 0. The number of halogens is 2. The van der Waals surface area contributed by atoms with Crippen LogP contribution in [0.5, 0.6) is 0 Å². The minimum absolute atomic E-state index is 0.344. The van der Waals surface area contributed by atoms with Crippen LogP contribution in [-0.2, 0) is 16.0 Å². The number of aromatic nitrogens is 2. The quantitative estimate of drug-likeness (QED) is 0.338. The number of esters is 1. The van der Waals surface area contributed by atoms with Crippen molar-refractivity contribution < 1.29 is 23.0 Å². The van der Waals surface area contributed by atoms with Crippen LogP contribution in [0.2, 0.25) is 0 Å². The van der Waals surface area contributed by atoms with E-state index in [4.69, 9.17) is 9.47 Å². The maximum Gasteiger partial charge on any atom is 0.338 e. The van der Waals surface area contributed by atoms with Gasteiger partial charge in [-0.25, -0.2) is 18.6 Å². The average molecular weight is 448 g/mol. The summed E-state index contributed by atoms with van der Waals surface area (Å²) in [7, 11) is 1.31. The van der Waals surface area contributed by atoms with Gasteiger partial charge in [-0.05, 0) is 58.7 Å². The summed E-state index contributed by atoms with van der Waals surface area (Å²) in [6, 6.07) is 17.2. The van der Waals surface area contributed by atoms with Crippen LogP contribution in [0.4, 0.5) is 8.78 Å². The maximum absolute atomic E-state index is 13.6. The lowest BCUT2D eigenvalue weighted by atomic mass is 9.93. The van der Waals surface area contributed by atoms with Gasteiger partial charge in [0.25, 0.3) is 0 Å². The van der Waals surface area contributed by atoms with E-state index in [0.717, 1.165) is 11.1 Å². The van der Waals surface area contributed by atoms with Crippen LogP contribution in [0, 0.1) is 11.6 Å². The van der Waals surface area contributed by atoms with Gasteiger partial charge < -0.3 is 14.0 Å². The molecule has 1 unspecified atom stereocenters. The number of hydrogen-bond donors (Lipinski definition) is 0. The highest BCUT2D eigenvalue weighted by Gasteiger charge is 2.20. The minimum Gasteiger partial charge on any atom is -0.465 e. The van der Waals surface area contributed by atoms with Crippen molar-refractivity contribution >= 4 is 5.97 Å². The van der Waals surface area contributed by atoms with Crippen molar-refractivity contribution in [1.29, 1.82) is 0 Å². The van der Waals surface area contributed by atoms with E-state index in [0.29, 0.717) is 29.8 Å². The molecule has 0 aliphatic rings. The Bertz CT molecular complexity index is 1210. The first-order valence-corrected chi connectivity index (χ1v) is 10.4. The molecule has 0 saturated heterocycles. The van der Waals surface area contributed by atoms with Gasteiger partial charge in [0.05, 0.1) is 25.6 Å². The highest BCUT2D eigenvalue weighted by Crippen LogP contribution is 2.32. The molecule has 1 aromatic heterocycles. The molecule has 1 heterocycles. The highest BCUT2D eigenvalue weighted by molar-refractivity contribution is 5.97. The Morgan fingerprint density at radius 3 is 2.27 bits per heavy atom. The maximum atomic E-state index is 13.6. The van der Waals surface area contributed by atoms with E-state index in [1.807, 2.05) is 16.8 Å². The van der Waals surface area contributed by atoms with E-state index >= 15 is 0 Å². The lowest BCUT2D eigenvalue weighted by Gasteiger charge is -2.21. The van der Waals surface area contributed by atoms with E-state index in [1.54, 1.807) is 48.9 Å². The molecule has 4 rings (SSSR count). The zero-order valence-electron chi connectivity index (χ0n) is 17.9. The van der Waals surface area contributed by atoms with Gasteiger partial charge in [-0.2, -0.15) is 0 Å². The topological polar surface area (TPSA) is 53.4 Å². The molecule has 0 N–H and O–H groups in total. The molecule has 0 spiro atoms. The summed E-state index contributed by atoms with van der Waals surface area (Å²) in [4.78, 5) is 16.4. The molecule has 0 aliphatic heterocycles. The summed E-state index contributed by atoms with van der Waals surface area (Å²) in [6.45, 7) is 0.964. The van der Waals surface area contributed by atoms with Crippen LogP contribution in [0.1, 0.15) is 27.6 Å². The SMILES string of the molecule is COC(=O)c1ccc(C(OCCn2ccnc2)c2ccc(F)cc2)cc1-c1ccc(F)cc1. The van der Waals surface area contributed by atoms with Gasteiger partial charge in [-0.1, -0.05) is 30.3 Å². The Kier molecular flexibility index (Phi) is 6.90. The van der Waals surface area contributed by atoms with Crippen molar-refractivity contribution in [3.8, 4) is 11.1 Å². The molecule has 0 saturated carbocycles. The number of methoxy groups -OCH3 is 1. The van der Waals surface area contributed by atoms with E-state index < -0.39 is 12.1 Å². The zero-order chi connectivity index (χ0) is 23.2. The van der Waals surface area contributed by atoms with Crippen LogP contribution in [0.3, 0.4) is 0 Å². The zero-order valence-corrected chi connectivity index (χ0v) is 17.9. The highest BCUT2D eigenvalue weighted by atomic mass is 19.1. The van der Waals surface area contributed by atoms with Crippen LogP contribution in [0.25, 0.3) is 11.1 Å². The summed E-state index contributed by atoms with van der Waals surface area (Å²) in [5.41, 5.74) is 3.13. The standard InChI is InChI=1S/C26H22F2N2O3/c1-32-26(31)23-11-6-20(16-24(23)18-2-7-21(27)8-3-18)25(19-4-9-22(28)10-5-19)33-15-14-30-13-12-29-17-30/h2-13,16-17,25H,14-15H2,1H3. The first kappa shape index (κ1) is 22.4. The van der Waals surface area contributed by atoms with Crippen LogP contribution >= 0.6 is 0 Å². The molecule has 33 heavy (non-hydrogen) atoms. The van der Waals surface area contributed by atoms with Crippen LogP contribution < -0.4 is 0 Å². The van der Waals surface area contributed by atoms with Gasteiger partial charge >= 0.3 is 5.97 Å². The molecular formula is C26H22F2N2O3. The van der Waals surface area contributed by atoms with Crippen molar-refractivity contribution in [2.75, 3.05) is 13.7 Å². The Labute approximate surface area is 190 Å². The van der Waals surface area contributed by atoms with Gasteiger partial charge in [-0.15, -0.1) is 0 Å². The van der Waals surface area contributed by atoms with Crippen molar-refractivity contribution in [3.63, 3.8) is 0 Å². The number of ether oxygens (including phenoxy) is 2. The first-order chi connectivity index (χ1) is 16.0. The molecule has 7 heteroatoms. The monoisotopic (exact) mass is 448 g/mol. The number of benzene rings is 3. The molecule has 5 nitrogen and oxygen atoms in total. The van der Waals surface area contributed by atoms with E-state index in [2.05, 4.69) is 4.98 Å². The third-order valence-corrected chi connectivity index (χ3v) is 5.27. The predicted molar refractivity (Wildman–Crippen MR) is 120 cm³/mol. The Hall–Kier alpha value is -3.84. The van der Waals surface area contributed by atoms with Crippen LogP contribution in [-0.4, -0.2) is 29.2 Å². The van der Waals surface area contributed by atoms with E-state index in [-0.39, 0.29) is 11.6 Å². The van der Waals surface area contributed by atoms with Gasteiger partial charge in [0.15, 0.2) is 0 Å². The fourth-order valence-corrected chi connectivity index (χ4v) is 3.60. The van der Waals surface area contributed by atoms with Gasteiger partial charge in [0.1, 0.15) is 17.7 Å². The fraction of sp³-hybridized carbons (Fsp3) is 0.154. The van der Waals surface area contributed by atoms with Crippen molar-refractivity contribution in [1.82, 2.24) is 9.55 Å². The normalized spacial score (nSPS) is 11.8. The summed E-state index contributed by atoms with van der Waals surface area (Å²) < 4.78 is 40.1. The Morgan fingerprint density at radius 1 is 0.970 bits per heavy atom. The molecule has 0 radical (unpaired) electrons. The molecule has 1 atom stereocenters. The van der Waals surface area contributed by atoms with Gasteiger partial charge in [-0.3, -0.25) is 0 Å². The second kappa shape index (κ2) is 10.2. The lowest BCUT2D eigenvalue weighted by molar-refractivity contribution is 0.0600. The van der Waals surface area contributed by atoms with Crippen molar-refractivity contribution in [3.05, 3.63) is 114 Å². The third-order valence-electron chi connectivity index (χ3n) is 5.27. The Balaban J connectivity index is 1.73. The summed E-state index contributed by atoms with van der Waals surface area (Å²) in [5.74, 6) is -1.22. The largest absolute Gasteiger partial charge is 0.465 e. The molecule has 168 valence electrons. The number of rotatable bonds is 8. The summed E-state index contributed by atoms with van der Waals surface area (Å²) >= 11 is 0. The van der Waals surface area contributed by atoms with Gasteiger partial charge in [0, 0.05) is 18.9 Å². The Morgan fingerprint density at radius 2 is 1.64 bits per heavy atom. The molecule has 0 amide bonds. The average Bonchev–Trinajstić information content (AvgIpc) is 3.36. The molecular weight excluding hydrogens is 426 g/mol. The smallest absolute Gasteiger partial charge is 0.338 e. The molecule has 0 bridgehead atoms. The first-order valence-electron chi connectivity index (χ1n) is 10.4. The van der Waals surface area contributed by atoms with E-state index in [9.17, 15) is 13.6 Å². The molecule has 4 aromatic rings. The number of carbonyl (C=O) groups is 1. The molecule has 0 fully saturated rings. The number of carbonyl (C=O) groups excluding carboxylic acids is 1. The number of imidazole rings is 1. The van der Waals surface area contributed by atoms with Crippen LogP contribution in [0.15, 0.2) is 85.5 Å². The lowest BCUT2D eigenvalue weighted by Crippen LogP contribution is -2.12. The predicted octanol–water partition coefficient (Wildman–Crippen LogP) is 5.42. The summed E-state index contributed by atoms with van der Waals surface area (Å²) in [6.07, 6.45) is 4.72. The van der Waals surface area contributed by atoms with Crippen molar-refractivity contribution in [2.45, 2.75) is 12.6 Å². The molecule has 0 aliphatic carbocycles. The number of nitrogens with zero attached hydrogens (tertiary/aromatic N) is 2. The molecule has 3 aromatic carbocycles. The second-order valence-corrected chi connectivity index (χ2v) is 7.41. The number of hydrogen-bond acceptors (Lipinski definition) is 4. The van der Waals surface area contributed by atoms with E-state index in [1.165, 1.54) is 31.4 Å². The minimum atomic E-state index is -0.514. The van der Waals surface area contributed by atoms with Gasteiger partial charge in [0.2, 0.25) is 0 Å². The third kappa shape index (κ3) is 5.32.